The molecular formula is C8H5N2O. The monoisotopic (exact) mass is 145 g/mol. The van der Waals surface area contributed by atoms with Crippen molar-refractivity contribution in [2.75, 3.05) is 0 Å². The van der Waals surface area contributed by atoms with Gasteiger partial charge in [0.05, 0.1) is 6.20 Å². The summed E-state index contributed by atoms with van der Waals surface area (Å²) in [6.07, 6.45) is 2.64. The first-order chi connectivity index (χ1) is 5.36. The van der Waals surface area contributed by atoms with Crippen LogP contribution >= 0.6 is 0 Å². The maximum absolute atomic E-state index is 10.8. The van der Waals surface area contributed by atoms with E-state index in [1.807, 2.05) is 6.07 Å². The first-order valence-corrected chi connectivity index (χ1v) is 3.22. The van der Waals surface area contributed by atoms with Gasteiger partial charge < -0.3 is 4.98 Å². The fourth-order valence-corrected chi connectivity index (χ4v) is 0.931. The molecule has 0 aliphatic carbocycles. The Labute approximate surface area is 62.7 Å². The average molecular weight is 145 g/mol. The van der Waals surface area contributed by atoms with Crippen LogP contribution in [-0.4, -0.2) is 9.97 Å². The van der Waals surface area contributed by atoms with Crippen molar-refractivity contribution in [1.29, 1.82) is 0 Å². The zero-order chi connectivity index (χ0) is 7.68. The predicted molar refractivity (Wildman–Crippen MR) is 41.2 cm³/mol. The van der Waals surface area contributed by atoms with Crippen LogP contribution in [0.15, 0.2) is 29.1 Å². The highest BCUT2D eigenvalue weighted by atomic mass is 16.1. The molecule has 0 fully saturated rings. The van der Waals surface area contributed by atoms with Crippen LogP contribution in [0.4, 0.5) is 0 Å². The summed E-state index contributed by atoms with van der Waals surface area (Å²) in [5.41, 5.74) is 0.449. The Kier molecular flexibility index (Phi) is 1.22. The molecule has 11 heavy (non-hydrogen) atoms. The van der Waals surface area contributed by atoms with E-state index in [-0.39, 0.29) is 5.56 Å². The van der Waals surface area contributed by atoms with E-state index >= 15 is 0 Å². The lowest BCUT2D eigenvalue weighted by Gasteiger charge is -1.91. The van der Waals surface area contributed by atoms with Gasteiger partial charge in [0.1, 0.15) is 5.65 Å². The van der Waals surface area contributed by atoms with Crippen molar-refractivity contribution in [2.45, 2.75) is 0 Å². The standard InChI is InChI=1S/C8H5N2O/c11-7-4-3-6-2-1-5-9-8(6)10-7/h1-4H,(H,9,10,11). The van der Waals surface area contributed by atoms with Crippen LogP contribution in [0.1, 0.15) is 0 Å². The molecule has 0 saturated carbocycles. The third kappa shape index (κ3) is 1.00. The fraction of sp³-hybridized carbons (Fsp3) is 0. The number of H-pyrrole nitrogens is 1. The summed E-state index contributed by atoms with van der Waals surface area (Å²) in [7, 11) is 0. The Balaban J connectivity index is 2.94. The average Bonchev–Trinajstić information content (AvgIpc) is 2.04. The summed E-state index contributed by atoms with van der Waals surface area (Å²) in [5, 5.41) is 0.920. The van der Waals surface area contributed by atoms with E-state index in [1.54, 1.807) is 12.1 Å². The SMILES string of the molecule is O=c1ccc2cc[c]nc2[nH]1. The first kappa shape index (κ1) is 6.09. The molecule has 1 N–H and O–H groups in total. The largest absolute Gasteiger partial charge is 0.307 e. The van der Waals surface area contributed by atoms with Gasteiger partial charge in [0.25, 0.3) is 0 Å². The van der Waals surface area contributed by atoms with Gasteiger partial charge in [0.15, 0.2) is 0 Å². The van der Waals surface area contributed by atoms with Crippen molar-refractivity contribution >= 4 is 11.0 Å². The molecule has 0 aliphatic rings. The summed E-state index contributed by atoms with van der Waals surface area (Å²) in [6.45, 7) is 0. The van der Waals surface area contributed by atoms with Crippen LogP contribution < -0.4 is 5.56 Å². The molecule has 0 saturated heterocycles. The van der Waals surface area contributed by atoms with E-state index in [1.165, 1.54) is 6.07 Å². The first-order valence-electron chi connectivity index (χ1n) is 3.22. The number of aromatic amines is 1. The van der Waals surface area contributed by atoms with E-state index < -0.39 is 0 Å². The molecule has 3 heteroatoms. The Bertz CT molecular complexity index is 433. The number of rotatable bonds is 0. The van der Waals surface area contributed by atoms with Gasteiger partial charge in [-0.3, -0.25) is 4.79 Å². The molecule has 2 aromatic heterocycles. The Morgan fingerprint density at radius 1 is 1.36 bits per heavy atom. The molecule has 0 atom stereocenters. The number of nitrogens with zero attached hydrogens (tertiary/aromatic N) is 1. The number of hydrogen-bond donors (Lipinski definition) is 1. The second-order valence-corrected chi connectivity index (χ2v) is 2.20. The van der Waals surface area contributed by atoms with Gasteiger partial charge in [-0.05, 0) is 18.2 Å². The third-order valence-corrected chi connectivity index (χ3v) is 1.44. The summed E-state index contributed by atoms with van der Waals surface area (Å²) in [4.78, 5) is 17.2. The summed E-state index contributed by atoms with van der Waals surface area (Å²) in [6, 6.07) is 6.76. The molecule has 2 aromatic rings. The normalized spacial score (nSPS) is 10.2. The van der Waals surface area contributed by atoms with E-state index in [0.717, 1.165) is 5.39 Å². The van der Waals surface area contributed by atoms with Gasteiger partial charge in [-0.2, -0.15) is 0 Å². The minimum atomic E-state index is -0.135. The van der Waals surface area contributed by atoms with Gasteiger partial charge in [0.2, 0.25) is 5.56 Å². The zero-order valence-corrected chi connectivity index (χ0v) is 5.66. The second kappa shape index (κ2) is 2.20. The lowest BCUT2D eigenvalue weighted by Crippen LogP contribution is -2.02. The Morgan fingerprint density at radius 2 is 2.27 bits per heavy atom. The maximum Gasteiger partial charge on any atom is 0.249 e. The van der Waals surface area contributed by atoms with Crippen molar-refractivity contribution in [1.82, 2.24) is 9.97 Å². The number of hydrogen-bond acceptors (Lipinski definition) is 2. The molecular weight excluding hydrogens is 140 g/mol. The van der Waals surface area contributed by atoms with Crippen LogP contribution in [0.3, 0.4) is 0 Å². The van der Waals surface area contributed by atoms with Gasteiger partial charge >= 0.3 is 0 Å². The van der Waals surface area contributed by atoms with Crippen molar-refractivity contribution in [3.8, 4) is 0 Å². The third-order valence-electron chi connectivity index (χ3n) is 1.44. The quantitative estimate of drug-likeness (QED) is 0.593. The smallest absolute Gasteiger partial charge is 0.249 e. The van der Waals surface area contributed by atoms with Crippen molar-refractivity contribution in [3.05, 3.63) is 40.8 Å². The molecule has 1 radical (unpaired) electrons. The highest BCUT2D eigenvalue weighted by molar-refractivity contribution is 5.73. The van der Waals surface area contributed by atoms with Gasteiger partial charge in [-0.25, -0.2) is 4.98 Å². The number of fused-ring (bicyclic) bond motifs is 1. The highest BCUT2D eigenvalue weighted by Crippen LogP contribution is 2.02. The molecule has 3 nitrogen and oxygen atoms in total. The van der Waals surface area contributed by atoms with Crippen molar-refractivity contribution < 1.29 is 0 Å². The van der Waals surface area contributed by atoms with E-state index in [2.05, 4.69) is 16.2 Å². The maximum atomic E-state index is 10.8. The summed E-state index contributed by atoms with van der Waals surface area (Å²) < 4.78 is 0. The van der Waals surface area contributed by atoms with Gasteiger partial charge in [-0.1, -0.05) is 0 Å². The Hall–Kier alpha value is -1.64. The summed E-state index contributed by atoms with van der Waals surface area (Å²) in [5.74, 6) is 0. The molecule has 0 amide bonds. The minimum Gasteiger partial charge on any atom is -0.307 e. The Morgan fingerprint density at radius 3 is 3.18 bits per heavy atom. The van der Waals surface area contributed by atoms with E-state index in [9.17, 15) is 4.79 Å². The molecule has 0 aromatic carbocycles. The molecule has 53 valence electrons. The summed E-state index contributed by atoms with van der Waals surface area (Å²) >= 11 is 0. The van der Waals surface area contributed by atoms with Crippen LogP contribution in [0, 0.1) is 6.20 Å². The number of nitrogens with one attached hydrogen (secondary N) is 1. The van der Waals surface area contributed by atoms with E-state index in [4.69, 9.17) is 0 Å². The fourth-order valence-electron chi connectivity index (χ4n) is 0.931. The number of aromatic nitrogens is 2. The molecule has 0 spiro atoms. The zero-order valence-electron chi connectivity index (χ0n) is 5.66. The lowest BCUT2D eigenvalue weighted by atomic mass is 10.3. The molecule has 2 rings (SSSR count). The van der Waals surface area contributed by atoms with Crippen LogP contribution in [0.2, 0.25) is 0 Å². The van der Waals surface area contributed by atoms with Crippen LogP contribution in [0.5, 0.6) is 0 Å². The van der Waals surface area contributed by atoms with Crippen LogP contribution in [-0.2, 0) is 0 Å². The highest BCUT2D eigenvalue weighted by Gasteiger charge is 1.91. The molecule has 0 aliphatic heterocycles. The lowest BCUT2D eigenvalue weighted by molar-refractivity contribution is 1.23. The predicted octanol–water partition coefficient (Wildman–Crippen LogP) is 0.723. The van der Waals surface area contributed by atoms with Crippen molar-refractivity contribution in [2.24, 2.45) is 0 Å². The molecule has 0 unspecified atom stereocenters. The minimum absolute atomic E-state index is 0.135. The topological polar surface area (TPSA) is 45.8 Å². The number of pyridine rings is 2. The van der Waals surface area contributed by atoms with Gasteiger partial charge in [-0.15, -0.1) is 0 Å². The van der Waals surface area contributed by atoms with Crippen molar-refractivity contribution in [3.63, 3.8) is 0 Å². The van der Waals surface area contributed by atoms with Gasteiger partial charge in [0, 0.05) is 11.5 Å². The molecule has 0 bridgehead atoms. The van der Waals surface area contributed by atoms with E-state index in [0.29, 0.717) is 5.65 Å². The molecule has 2 heterocycles. The second-order valence-electron chi connectivity index (χ2n) is 2.20. The van der Waals surface area contributed by atoms with Crippen LogP contribution in [0.25, 0.3) is 11.0 Å².